The number of nitrogens with zero attached hydrogens (tertiary/aromatic N) is 1. The minimum absolute atomic E-state index is 0.0483. The average Bonchev–Trinajstić information content (AvgIpc) is 2.52. The predicted molar refractivity (Wildman–Crippen MR) is 91.5 cm³/mol. The fourth-order valence-electron chi connectivity index (χ4n) is 2.47. The summed E-state index contributed by atoms with van der Waals surface area (Å²) in [7, 11) is 0. The van der Waals surface area contributed by atoms with Crippen LogP contribution >= 0.6 is 0 Å². The molecule has 6 nitrogen and oxygen atoms in total. The van der Waals surface area contributed by atoms with Crippen LogP contribution < -0.4 is 16.5 Å². The zero-order valence-electron chi connectivity index (χ0n) is 13.5. The molecule has 23 heavy (non-hydrogen) atoms. The standard InChI is InChI=1S/C17H23N3O3/c1-3-4-8-20-10-12(17(23)19-9-11(2)21)16(22)15-13(18)6-5-7-14(15)20/h5-7,10-11,21H,3-4,8-9,18H2,1-2H3,(H,19,23). The summed E-state index contributed by atoms with van der Waals surface area (Å²) in [5.74, 6) is -0.494. The minimum Gasteiger partial charge on any atom is -0.398 e. The molecule has 4 N–H and O–H groups in total. The number of rotatable bonds is 6. The van der Waals surface area contributed by atoms with Gasteiger partial charge in [-0.1, -0.05) is 19.4 Å². The van der Waals surface area contributed by atoms with Crippen LogP contribution in [0.1, 0.15) is 37.0 Å². The number of aromatic nitrogens is 1. The molecule has 0 radical (unpaired) electrons. The fraction of sp³-hybridized carbons (Fsp3) is 0.412. The van der Waals surface area contributed by atoms with Gasteiger partial charge in [0.25, 0.3) is 5.91 Å². The SMILES string of the molecule is CCCCn1cc(C(=O)NCC(C)O)c(=O)c2c(N)cccc21. The molecule has 1 aromatic heterocycles. The number of nitrogens with one attached hydrogen (secondary N) is 1. The lowest BCUT2D eigenvalue weighted by molar-refractivity contribution is 0.0922. The number of pyridine rings is 1. The van der Waals surface area contributed by atoms with Gasteiger partial charge in [-0.2, -0.15) is 0 Å². The number of amides is 1. The van der Waals surface area contributed by atoms with E-state index < -0.39 is 12.0 Å². The first-order valence-corrected chi connectivity index (χ1v) is 7.83. The molecule has 0 aliphatic heterocycles. The highest BCUT2D eigenvalue weighted by atomic mass is 16.3. The lowest BCUT2D eigenvalue weighted by Crippen LogP contribution is -2.34. The van der Waals surface area contributed by atoms with E-state index in [2.05, 4.69) is 12.2 Å². The molecule has 0 aliphatic rings. The van der Waals surface area contributed by atoms with E-state index in [0.29, 0.717) is 17.6 Å². The maximum absolute atomic E-state index is 12.6. The number of benzene rings is 1. The third kappa shape index (κ3) is 3.71. The van der Waals surface area contributed by atoms with E-state index in [0.717, 1.165) is 18.4 Å². The van der Waals surface area contributed by atoms with Crippen molar-refractivity contribution in [3.8, 4) is 0 Å². The first kappa shape index (κ1) is 17.0. The second kappa shape index (κ2) is 7.28. The minimum atomic E-state index is -0.674. The van der Waals surface area contributed by atoms with Crippen molar-refractivity contribution in [1.29, 1.82) is 0 Å². The van der Waals surface area contributed by atoms with Crippen molar-refractivity contribution in [2.45, 2.75) is 39.3 Å². The predicted octanol–water partition coefficient (Wildman–Crippen LogP) is 1.49. The molecule has 2 aromatic rings. The van der Waals surface area contributed by atoms with Gasteiger partial charge in [-0.05, 0) is 25.5 Å². The number of carbonyl (C=O) groups excluding carboxylic acids is 1. The van der Waals surface area contributed by atoms with Gasteiger partial charge in [0.2, 0.25) is 5.43 Å². The summed E-state index contributed by atoms with van der Waals surface area (Å²) >= 11 is 0. The first-order valence-electron chi connectivity index (χ1n) is 7.83. The third-order valence-electron chi connectivity index (χ3n) is 3.70. The van der Waals surface area contributed by atoms with Crippen LogP contribution in [0.15, 0.2) is 29.2 Å². The number of aryl methyl sites for hydroxylation is 1. The Balaban J connectivity index is 2.56. The molecule has 2 rings (SSSR count). The number of nitrogens with two attached hydrogens (primary N) is 1. The van der Waals surface area contributed by atoms with Crippen LogP contribution in [0.2, 0.25) is 0 Å². The zero-order valence-corrected chi connectivity index (χ0v) is 13.5. The maximum atomic E-state index is 12.6. The van der Waals surface area contributed by atoms with E-state index in [1.54, 1.807) is 25.3 Å². The van der Waals surface area contributed by atoms with Crippen LogP contribution in [0.4, 0.5) is 5.69 Å². The summed E-state index contributed by atoms with van der Waals surface area (Å²) in [6.07, 6.45) is 2.84. The Bertz CT molecular complexity index is 766. The molecule has 0 bridgehead atoms. The molecule has 0 saturated heterocycles. The van der Waals surface area contributed by atoms with E-state index in [4.69, 9.17) is 5.73 Å². The number of aliphatic hydroxyl groups excluding tert-OH is 1. The highest BCUT2D eigenvalue weighted by molar-refractivity contribution is 6.00. The number of nitrogen functional groups attached to an aromatic ring is 1. The van der Waals surface area contributed by atoms with Gasteiger partial charge in [-0.25, -0.2) is 0 Å². The molecule has 1 aromatic carbocycles. The van der Waals surface area contributed by atoms with Gasteiger partial charge in [-0.15, -0.1) is 0 Å². The number of fused-ring (bicyclic) bond motifs is 1. The second-order valence-electron chi connectivity index (χ2n) is 5.72. The van der Waals surface area contributed by atoms with Crippen molar-refractivity contribution in [2.75, 3.05) is 12.3 Å². The molecule has 0 saturated carbocycles. The molecular formula is C17H23N3O3. The van der Waals surface area contributed by atoms with Gasteiger partial charge < -0.3 is 20.7 Å². The second-order valence-corrected chi connectivity index (χ2v) is 5.72. The Kier molecular flexibility index (Phi) is 5.39. The number of carbonyl (C=O) groups is 1. The van der Waals surface area contributed by atoms with Crippen molar-refractivity contribution in [3.63, 3.8) is 0 Å². The van der Waals surface area contributed by atoms with Crippen molar-refractivity contribution in [1.82, 2.24) is 9.88 Å². The zero-order chi connectivity index (χ0) is 17.0. The van der Waals surface area contributed by atoms with Crippen LogP contribution in [0, 0.1) is 0 Å². The summed E-state index contributed by atoms with van der Waals surface area (Å²) in [6.45, 7) is 4.44. The normalized spacial score (nSPS) is 12.3. The lowest BCUT2D eigenvalue weighted by Gasteiger charge is -2.14. The van der Waals surface area contributed by atoms with E-state index in [1.165, 1.54) is 0 Å². The van der Waals surface area contributed by atoms with Gasteiger partial charge in [0.15, 0.2) is 0 Å². The number of hydrogen-bond acceptors (Lipinski definition) is 4. The van der Waals surface area contributed by atoms with E-state index in [-0.39, 0.29) is 17.5 Å². The van der Waals surface area contributed by atoms with Gasteiger partial charge in [0.1, 0.15) is 5.56 Å². The molecule has 124 valence electrons. The number of unbranched alkanes of at least 4 members (excludes halogenated alkanes) is 1. The highest BCUT2D eigenvalue weighted by Crippen LogP contribution is 2.19. The van der Waals surface area contributed by atoms with Gasteiger partial charge in [0.05, 0.1) is 17.0 Å². The summed E-state index contributed by atoms with van der Waals surface area (Å²) < 4.78 is 1.90. The molecule has 0 spiro atoms. The van der Waals surface area contributed by atoms with Gasteiger partial charge >= 0.3 is 0 Å². The summed E-state index contributed by atoms with van der Waals surface area (Å²) in [4.78, 5) is 24.9. The summed E-state index contributed by atoms with van der Waals surface area (Å²) in [5, 5.41) is 12.2. The van der Waals surface area contributed by atoms with Crippen LogP contribution in [0.5, 0.6) is 0 Å². The van der Waals surface area contributed by atoms with Crippen LogP contribution in [0.3, 0.4) is 0 Å². The highest BCUT2D eigenvalue weighted by Gasteiger charge is 2.17. The Morgan fingerprint density at radius 1 is 1.43 bits per heavy atom. The van der Waals surface area contributed by atoms with Crippen molar-refractivity contribution in [2.24, 2.45) is 0 Å². The van der Waals surface area contributed by atoms with E-state index in [9.17, 15) is 14.7 Å². The quantitative estimate of drug-likeness (QED) is 0.703. The Morgan fingerprint density at radius 2 is 2.17 bits per heavy atom. The van der Waals surface area contributed by atoms with Crippen molar-refractivity contribution in [3.05, 3.63) is 40.2 Å². The summed E-state index contributed by atoms with van der Waals surface area (Å²) in [6, 6.07) is 5.29. The van der Waals surface area contributed by atoms with Crippen LogP contribution in [0.25, 0.3) is 10.9 Å². The van der Waals surface area contributed by atoms with Crippen molar-refractivity contribution < 1.29 is 9.90 Å². The fourth-order valence-corrected chi connectivity index (χ4v) is 2.47. The molecule has 1 unspecified atom stereocenters. The van der Waals surface area contributed by atoms with Crippen LogP contribution in [-0.2, 0) is 6.54 Å². The summed E-state index contributed by atoms with van der Waals surface area (Å²) in [5.41, 5.74) is 6.72. The Hall–Kier alpha value is -2.34. The number of aliphatic hydroxyl groups is 1. The smallest absolute Gasteiger partial charge is 0.256 e. The average molecular weight is 317 g/mol. The third-order valence-corrected chi connectivity index (χ3v) is 3.70. The monoisotopic (exact) mass is 317 g/mol. The van der Waals surface area contributed by atoms with Crippen molar-refractivity contribution >= 4 is 22.5 Å². The topological polar surface area (TPSA) is 97.4 Å². The Morgan fingerprint density at radius 3 is 2.83 bits per heavy atom. The Labute approximate surface area is 134 Å². The lowest BCUT2D eigenvalue weighted by atomic mass is 10.1. The molecule has 1 atom stereocenters. The molecular weight excluding hydrogens is 294 g/mol. The molecule has 0 aliphatic carbocycles. The molecule has 1 heterocycles. The first-order chi connectivity index (χ1) is 11.0. The largest absolute Gasteiger partial charge is 0.398 e. The molecule has 1 amide bonds. The van der Waals surface area contributed by atoms with E-state index in [1.807, 2.05) is 10.6 Å². The molecule has 6 heteroatoms. The van der Waals surface area contributed by atoms with Gasteiger partial charge in [0, 0.05) is 25.0 Å². The number of hydrogen-bond donors (Lipinski definition) is 3. The maximum Gasteiger partial charge on any atom is 0.256 e. The van der Waals surface area contributed by atoms with E-state index >= 15 is 0 Å². The molecule has 0 fully saturated rings. The van der Waals surface area contributed by atoms with Crippen LogP contribution in [-0.4, -0.2) is 28.2 Å². The van der Waals surface area contributed by atoms with Gasteiger partial charge in [-0.3, -0.25) is 9.59 Å². The number of anilines is 1.